The highest BCUT2D eigenvalue weighted by molar-refractivity contribution is 5.38. The molecule has 0 saturated carbocycles. The lowest BCUT2D eigenvalue weighted by Gasteiger charge is -2.43. The van der Waals surface area contributed by atoms with Gasteiger partial charge < -0.3 is 15.0 Å². The zero-order valence-electron chi connectivity index (χ0n) is 16.8. The third-order valence-electron chi connectivity index (χ3n) is 6.58. The van der Waals surface area contributed by atoms with Gasteiger partial charge in [0.15, 0.2) is 0 Å². The van der Waals surface area contributed by atoms with E-state index in [1.165, 1.54) is 12.1 Å². The summed E-state index contributed by atoms with van der Waals surface area (Å²) in [5.74, 6) is 1.54. The van der Waals surface area contributed by atoms with E-state index in [1.54, 1.807) is 6.20 Å². The Hall–Kier alpha value is -2.22. The Labute approximate surface area is 171 Å². The molecule has 29 heavy (non-hydrogen) atoms. The minimum atomic E-state index is 0.202. The van der Waals surface area contributed by atoms with Crippen molar-refractivity contribution in [3.8, 4) is 0 Å². The van der Waals surface area contributed by atoms with Crippen LogP contribution in [0.4, 0.5) is 5.82 Å². The minimum absolute atomic E-state index is 0.202. The molecule has 2 aromatic rings. The first-order valence-electron chi connectivity index (χ1n) is 10.6. The largest absolute Gasteiger partial charge is 0.383 e. The summed E-state index contributed by atoms with van der Waals surface area (Å²) < 4.78 is 7.49. The van der Waals surface area contributed by atoms with Crippen LogP contribution < -0.4 is 11.3 Å². The van der Waals surface area contributed by atoms with Gasteiger partial charge in [-0.1, -0.05) is 12.1 Å². The molecule has 3 aliphatic rings. The second-order valence-corrected chi connectivity index (χ2v) is 8.63. The Bertz CT molecular complexity index is 937. The highest BCUT2D eigenvalue weighted by atomic mass is 16.5. The molecule has 5 rings (SSSR count). The standard InChI is InChI=1S/C22H29N5O2/c23-21-17(2-1-5-24-21)13-26-11-16-10-19(15-26)20-4-3-18(22(28)27(20)12-16)14-25-6-8-29-9-7-25/h1-5,16,19H,6-15H2,(H2,23,24)/t16-,19+/m0/s1. The van der Waals surface area contributed by atoms with E-state index in [0.717, 1.165) is 70.2 Å². The van der Waals surface area contributed by atoms with Gasteiger partial charge in [-0.15, -0.1) is 0 Å². The summed E-state index contributed by atoms with van der Waals surface area (Å²) in [7, 11) is 0. The molecule has 2 bridgehead atoms. The van der Waals surface area contributed by atoms with Gasteiger partial charge in [0.25, 0.3) is 5.56 Å². The van der Waals surface area contributed by atoms with Crippen LogP contribution >= 0.6 is 0 Å². The first kappa shape index (κ1) is 18.8. The summed E-state index contributed by atoms with van der Waals surface area (Å²) >= 11 is 0. The van der Waals surface area contributed by atoms with E-state index in [2.05, 4.69) is 37.5 Å². The van der Waals surface area contributed by atoms with Crippen LogP contribution in [0, 0.1) is 5.92 Å². The molecule has 0 aliphatic carbocycles. The van der Waals surface area contributed by atoms with E-state index in [9.17, 15) is 4.79 Å². The molecule has 2 fully saturated rings. The predicted molar refractivity (Wildman–Crippen MR) is 112 cm³/mol. The summed E-state index contributed by atoms with van der Waals surface area (Å²) in [5.41, 5.74) is 9.45. The van der Waals surface area contributed by atoms with Crippen molar-refractivity contribution in [3.63, 3.8) is 0 Å². The highest BCUT2D eigenvalue weighted by Crippen LogP contribution is 2.36. The van der Waals surface area contributed by atoms with Crippen LogP contribution in [0.2, 0.25) is 0 Å². The Kier molecular flexibility index (Phi) is 5.11. The number of likely N-dealkylation sites (tertiary alicyclic amines) is 1. The Morgan fingerprint density at radius 2 is 1.86 bits per heavy atom. The summed E-state index contributed by atoms with van der Waals surface area (Å²) in [6.07, 6.45) is 2.90. The van der Waals surface area contributed by atoms with E-state index >= 15 is 0 Å². The number of morpholine rings is 1. The fourth-order valence-electron chi connectivity index (χ4n) is 5.17. The molecule has 0 amide bonds. The van der Waals surface area contributed by atoms with Gasteiger partial charge in [0.1, 0.15) is 5.82 Å². The number of nitrogen functional groups attached to an aromatic ring is 1. The number of aromatic nitrogens is 2. The Morgan fingerprint density at radius 1 is 1.03 bits per heavy atom. The highest BCUT2D eigenvalue weighted by Gasteiger charge is 2.35. The van der Waals surface area contributed by atoms with Crippen molar-refractivity contribution in [2.75, 3.05) is 45.1 Å². The first-order chi connectivity index (χ1) is 14.2. The van der Waals surface area contributed by atoms with Gasteiger partial charge in [-0.25, -0.2) is 4.98 Å². The molecular formula is C22H29N5O2. The van der Waals surface area contributed by atoms with Gasteiger partial charge in [0.2, 0.25) is 0 Å². The van der Waals surface area contributed by atoms with Crippen molar-refractivity contribution in [2.45, 2.75) is 32.0 Å². The molecule has 0 unspecified atom stereocenters. The molecule has 154 valence electrons. The molecule has 2 atom stereocenters. The molecule has 5 heterocycles. The summed E-state index contributed by atoms with van der Waals surface area (Å²) in [6.45, 7) is 7.66. The van der Waals surface area contributed by atoms with Crippen LogP contribution in [0.3, 0.4) is 0 Å². The Balaban J connectivity index is 1.34. The van der Waals surface area contributed by atoms with Crippen LogP contribution in [0.15, 0.2) is 35.3 Å². The number of pyridine rings is 2. The molecular weight excluding hydrogens is 366 g/mol. The smallest absolute Gasteiger partial charge is 0.255 e. The molecule has 2 N–H and O–H groups in total. The predicted octanol–water partition coefficient (Wildman–Crippen LogP) is 1.28. The number of nitrogens with two attached hydrogens (primary N) is 1. The number of hydrogen-bond acceptors (Lipinski definition) is 6. The maximum absolute atomic E-state index is 13.2. The molecule has 0 radical (unpaired) electrons. The maximum atomic E-state index is 13.2. The van der Waals surface area contributed by atoms with Crippen LogP contribution in [0.1, 0.15) is 29.2 Å². The van der Waals surface area contributed by atoms with Gasteiger partial charge in [0, 0.05) is 74.7 Å². The Morgan fingerprint density at radius 3 is 2.69 bits per heavy atom. The lowest BCUT2D eigenvalue weighted by atomic mass is 9.82. The van der Waals surface area contributed by atoms with Crippen molar-refractivity contribution < 1.29 is 4.74 Å². The normalized spacial score (nSPS) is 25.0. The van der Waals surface area contributed by atoms with Gasteiger partial charge in [-0.2, -0.15) is 0 Å². The number of ether oxygens (including phenoxy) is 1. The lowest BCUT2D eigenvalue weighted by molar-refractivity contribution is 0.0338. The minimum Gasteiger partial charge on any atom is -0.383 e. The first-order valence-corrected chi connectivity index (χ1v) is 10.6. The fraction of sp³-hybridized carbons (Fsp3) is 0.545. The third kappa shape index (κ3) is 3.82. The zero-order valence-corrected chi connectivity index (χ0v) is 16.8. The molecule has 3 aliphatic heterocycles. The van der Waals surface area contributed by atoms with E-state index in [-0.39, 0.29) is 5.56 Å². The van der Waals surface area contributed by atoms with E-state index in [0.29, 0.717) is 17.7 Å². The van der Waals surface area contributed by atoms with Crippen molar-refractivity contribution in [3.05, 3.63) is 57.6 Å². The molecule has 0 aromatic carbocycles. The molecule has 7 heteroatoms. The average molecular weight is 396 g/mol. The van der Waals surface area contributed by atoms with E-state index in [1.807, 2.05) is 6.07 Å². The topological polar surface area (TPSA) is 76.6 Å². The van der Waals surface area contributed by atoms with Gasteiger partial charge in [-0.3, -0.25) is 14.6 Å². The molecule has 0 spiro atoms. The molecule has 2 aromatic heterocycles. The number of fused-ring (bicyclic) bond motifs is 4. The maximum Gasteiger partial charge on any atom is 0.255 e. The fourth-order valence-corrected chi connectivity index (χ4v) is 5.17. The number of piperidine rings is 1. The number of anilines is 1. The summed E-state index contributed by atoms with van der Waals surface area (Å²) in [6, 6.07) is 8.26. The average Bonchev–Trinajstić information content (AvgIpc) is 2.73. The zero-order chi connectivity index (χ0) is 19.8. The van der Waals surface area contributed by atoms with Gasteiger partial charge in [-0.05, 0) is 24.5 Å². The van der Waals surface area contributed by atoms with E-state index < -0.39 is 0 Å². The third-order valence-corrected chi connectivity index (χ3v) is 6.58. The van der Waals surface area contributed by atoms with Crippen molar-refractivity contribution in [1.29, 1.82) is 0 Å². The van der Waals surface area contributed by atoms with Crippen LogP contribution in [0.5, 0.6) is 0 Å². The van der Waals surface area contributed by atoms with Crippen LogP contribution in [0.25, 0.3) is 0 Å². The van der Waals surface area contributed by atoms with Crippen LogP contribution in [-0.2, 0) is 24.4 Å². The molecule has 2 saturated heterocycles. The monoisotopic (exact) mass is 395 g/mol. The number of hydrogen-bond donors (Lipinski definition) is 1. The second kappa shape index (κ2) is 7.89. The number of rotatable bonds is 4. The lowest BCUT2D eigenvalue weighted by Crippen LogP contribution is -2.47. The van der Waals surface area contributed by atoms with Gasteiger partial charge >= 0.3 is 0 Å². The van der Waals surface area contributed by atoms with Crippen molar-refractivity contribution >= 4 is 5.82 Å². The quantitative estimate of drug-likeness (QED) is 0.840. The van der Waals surface area contributed by atoms with E-state index in [4.69, 9.17) is 10.5 Å². The van der Waals surface area contributed by atoms with Crippen molar-refractivity contribution in [2.24, 2.45) is 5.92 Å². The van der Waals surface area contributed by atoms with Crippen molar-refractivity contribution in [1.82, 2.24) is 19.4 Å². The summed E-state index contributed by atoms with van der Waals surface area (Å²) in [4.78, 5) is 22.2. The second-order valence-electron chi connectivity index (χ2n) is 8.63. The van der Waals surface area contributed by atoms with Gasteiger partial charge in [0.05, 0.1) is 13.2 Å². The molecule has 7 nitrogen and oxygen atoms in total. The number of nitrogens with zero attached hydrogens (tertiary/aromatic N) is 4. The van der Waals surface area contributed by atoms with Crippen LogP contribution in [-0.4, -0.2) is 58.7 Å². The summed E-state index contributed by atoms with van der Waals surface area (Å²) in [5, 5.41) is 0. The SMILES string of the molecule is Nc1ncccc1CN1C[C@@H]2C[C@H](C1)c1ccc(CN3CCOCC3)c(=O)n1C2.